The van der Waals surface area contributed by atoms with Crippen molar-refractivity contribution >= 4 is 0 Å². The predicted octanol–water partition coefficient (Wildman–Crippen LogP) is 1.79. The standard InChI is InChI=1S/C10H21NO/c1-10(2)5-4-9(11)6-8(10)7-12-3/h8-9H,4-7,11H2,1-3H3. The van der Waals surface area contributed by atoms with Gasteiger partial charge in [0.15, 0.2) is 0 Å². The molecular weight excluding hydrogens is 150 g/mol. The molecule has 0 aromatic rings. The molecule has 2 heteroatoms. The van der Waals surface area contributed by atoms with Crippen molar-refractivity contribution in [2.24, 2.45) is 17.1 Å². The molecule has 2 atom stereocenters. The Hall–Kier alpha value is -0.0800. The van der Waals surface area contributed by atoms with Gasteiger partial charge in [0.2, 0.25) is 0 Å². The largest absolute Gasteiger partial charge is 0.384 e. The first-order chi connectivity index (χ1) is 5.56. The number of ether oxygens (including phenoxy) is 1. The molecule has 1 fully saturated rings. The van der Waals surface area contributed by atoms with Crippen LogP contribution in [-0.2, 0) is 4.74 Å². The fraction of sp³-hybridized carbons (Fsp3) is 1.00. The van der Waals surface area contributed by atoms with Crippen LogP contribution in [-0.4, -0.2) is 19.8 Å². The highest BCUT2D eigenvalue weighted by molar-refractivity contribution is 4.87. The van der Waals surface area contributed by atoms with Crippen LogP contribution in [0.25, 0.3) is 0 Å². The summed E-state index contributed by atoms with van der Waals surface area (Å²) in [5.41, 5.74) is 6.34. The fourth-order valence-electron chi connectivity index (χ4n) is 2.06. The summed E-state index contributed by atoms with van der Waals surface area (Å²) in [7, 11) is 1.77. The lowest BCUT2D eigenvalue weighted by molar-refractivity contribution is 0.0415. The van der Waals surface area contributed by atoms with E-state index in [0.29, 0.717) is 17.4 Å². The second kappa shape index (κ2) is 3.75. The Kier molecular flexibility index (Phi) is 3.13. The average Bonchev–Trinajstić information content (AvgIpc) is 1.98. The van der Waals surface area contributed by atoms with Crippen LogP contribution in [0.2, 0.25) is 0 Å². The third kappa shape index (κ3) is 2.20. The molecule has 0 bridgehead atoms. The van der Waals surface area contributed by atoms with Crippen molar-refractivity contribution in [3.63, 3.8) is 0 Å². The predicted molar refractivity (Wildman–Crippen MR) is 51.0 cm³/mol. The van der Waals surface area contributed by atoms with Gasteiger partial charge in [0.25, 0.3) is 0 Å². The first kappa shape index (κ1) is 10.0. The van der Waals surface area contributed by atoms with Crippen LogP contribution in [0, 0.1) is 11.3 Å². The maximum absolute atomic E-state index is 5.92. The minimum absolute atomic E-state index is 0.401. The second-order valence-corrected chi connectivity index (χ2v) is 4.68. The Morgan fingerprint density at radius 1 is 1.50 bits per heavy atom. The first-order valence-corrected chi connectivity index (χ1v) is 4.81. The van der Waals surface area contributed by atoms with E-state index in [1.54, 1.807) is 7.11 Å². The fourth-order valence-corrected chi connectivity index (χ4v) is 2.06. The van der Waals surface area contributed by atoms with E-state index in [1.807, 2.05) is 0 Å². The van der Waals surface area contributed by atoms with Crippen LogP contribution >= 0.6 is 0 Å². The number of rotatable bonds is 2. The summed E-state index contributed by atoms with van der Waals surface area (Å²) >= 11 is 0. The maximum Gasteiger partial charge on any atom is 0.0496 e. The SMILES string of the molecule is COCC1CC(N)CCC1(C)C. The Labute approximate surface area is 75.5 Å². The van der Waals surface area contributed by atoms with Gasteiger partial charge in [0.1, 0.15) is 0 Å². The minimum atomic E-state index is 0.401. The molecule has 0 aromatic carbocycles. The van der Waals surface area contributed by atoms with Crippen LogP contribution in [0.15, 0.2) is 0 Å². The molecule has 72 valence electrons. The summed E-state index contributed by atoms with van der Waals surface area (Å²) in [6.45, 7) is 5.51. The van der Waals surface area contributed by atoms with E-state index in [9.17, 15) is 0 Å². The van der Waals surface area contributed by atoms with E-state index < -0.39 is 0 Å². The lowest BCUT2D eigenvalue weighted by atomic mass is 9.68. The van der Waals surface area contributed by atoms with Crippen LogP contribution in [0.4, 0.5) is 0 Å². The van der Waals surface area contributed by atoms with E-state index in [1.165, 1.54) is 12.8 Å². The first-order valence-electron chi connectivity index (χ1n) is 4.81. The molecule has 0 spiro atoms. The van der Waals surface area contributed by atoms with Crippen molar-refractivity contribution < 1.29 is 4.74 Å². The van der Waals surface area contributed by atoms with Crippen molar-refractivity contribution in [1.29, 1.82) is 0 Å². The summed E-state index contributed by atoms with van der Waals surface area (Å²) in [6.07, 6.45) is 3.54. The Morgan fingerprint density at radius 3 is 2.75 bits per heavy atom. The lowest BCUT2D eigenvalue weighted by Gasteiger charge is -2.40. The summed E-state index contributed by atoms with van der Waals surface area (Å²) in [6, 6.07) is 0.401. The smallest absolute Gasteiger partial charge is 0.0496 e. The van der Waals surface area contributed by atoms with Gasteiger partial charge in [-0.15, -0.1) is 0 Å². The number of methoxy groups -OCH3 is 1. The number of hydrogen-bond donors (Lipinski definition) is 1. The van der Waals surface area contributed by atoms with Crippen molar-refractivity contribution in [3.05, 3.63) is 0 Å². The van der Waals surface area contributed by atoms with Gasteiger partial charge in [-0.25, -0.2) is 0 Å². The third-order valence-corrected chi connectivity index (χ3v) is 3.22. The van der Waals surface area contributed by atoms with Gasteiger partial charge in [-0.05, 0) is 30.6 Å². The van der Waals surface area contributed by atoms with Gasteiger partial charge in [-0.3, -0.25) is 0 Å². The molecule has 12 heavy (non-hydrogen) atoms. The summed E-state index contributed by atoms with van der Waals surface area (Å²) < 4.78 is 5.21. The molecule has 0 amide bonds. The van der Waals surface area contributed by atoms with Crippen LogP contribution < -0.4 is 5.73 Å². The van der Waals surface area contributed by atoms with Crippen molar-refractivity contribution in [1.82, 2.24) is 0 Å². The van der Waals surface area contributed by atoms with E-state index in [-0.39, 0.29) is 0 Å². The summed E-state index contributed by atoms with van der Waals surface area (Å²) in [4.78, 5) is 0. The zero-order valence-electron chi connectivity index (χ0n) is 8.47. The van der Waals surface area contributed by atoms with E-state index in [0.717, 1.165) is 13.0 Å². The molecule has 0 saturated heterocycles. The van der Waals surface area contributed by atoms with Crippen molar-refractivity contribution in [2.75, 3.05) is 13.7 Å². The molecule has 0 radical (unpaired) electrons. The Morgan fingerprint density at radius 2 is 2.17 bits per heavy atom. The van der Waals surface area contributed by atoms with Gasteiger partial charge in [-0.2, -0.15) is 0 Å². The highest BCUT2D eigenvalue weighted by Crippen LogP contribution is 2.39. The van der Waals surface area contributed by atoms with Crippen molar-refractivity contribution in [2.45, 2.75) is 39.2 Å². The minimum Gasteiger partial charge on any atom is -0.384 e. The van der Waals surface area contributed by atoms with Gasteiger partial charge in [0, 0.05) is 19.8 Å². The number of hydrogen-bond acceptors (Lipinski definition) is 2. The molecule has 2 nitrogen and oxygen atoms in total. The normalized spacial score (nSPS) is 35.0. The lowest BCUT2D eigenvalue weighted by Crippen LogP contribution is -2.40. The molecule has 2 N–H and O–H groups in total. The summed E-state index contributed by atoms with van der Waals surface area (Å²) in [5.74, 6) is 0.645. The van der Waals surface area contributed by atoms with E-state index in [2.05, 4.69) is 13.8 Å². The Bertz CT molecular complexity index is 145. The van der Waals surface area contributed by atoms with Crippen LogP contribution in [0.3, 0.4) is 0 Å². The summed E-state index contributed by atoms with van der Waals surface area (Å²) in [5, 5.41) is 0. The molecule has 2 unspecified atom stereocenters. The molecule has 0 aliphatic heterocycles. The van der Waals surface area contributed by atoms with Crippen LogP contribution in [0.1, 0.15) is 33.1 Å². The topological polar surface area (TPSA) is 35.2 Å². The maximum atomic E-state index is 5.92. The highest BCUT2D eigenvalue weighted by Gasteiger charge is 2.34. The van der Waals surface area contributed by atoms with Gasteiger partial charge in [0.05, 0.1) is 0 Å². The molecule has 0 aromatic heterocycles. The third-order valence-electron chi connectivity index (χ3n) is 3.22. The Balaban J connectivity index is 2.52. The highest BCUT2D eigenvalue weighted by atomic mass is 16.5. The molecular formula is C10H21NO. The molecule has 1 aliphatic carbocycles. The monoisotopic (exact) mass is 171 g/mol. The van der Waals surface area contributed by atoms with E-state index in [4.69, 9.17) is 10.5 Å². The van der Waals surface area contributed by atoms with Crippen LogP contribution in [0.5, 0.6) is 0 Å². The van der Waals surface area contributed by atoms with E-state index >= 15 is 0 Å². The molecule has 1 rings (SSSR count). The zero-order valence-corrected chi connectivity index (χ0v) is 8.47. The molecule has 1 aliphatic rings. The van der Waals surface area contributed by atoms with Gasteiger partial charge < -0.3 is 10.5 Å². The second-order valence-electron chi connectivity index (χ2n) is 4.68. The zero-order chi connectivity index (χ0) is 9.19. The van der Waals surface area contributed by atoms with Gasteiger partial charge in [-0.1, -0.05) is 13.8 Å². The van der Waals surface area contributed by atoms with Crippen molar-refractivity contribution in [3.8, 4) is 0 Å². The molecule has 0 heterocycles. The van der Waals surface area contributed by atoms with Gasteiger partial charge >= 0.3 is 0 Å². The molecule has 1 saturated carbocycles. The number of nitrogens with two attached hydrogens (primary N) is 1. The quantitative estimate of drug-likeness (QED) is 0.687. The average molecular weight is 171 g/mol.